The fourth-order valence-electron chi connectivity index (χ4n) is 1.94. The van der Waals surface area contributed by atoms with Crippen LogP contribution < -0.4 is 5.73 Å². The monoisotopic (exact) mass is 330 g/mol. The van der Waals surface area contributed by atoms with Gasteiger partial charge in [0.1, 0.15) is 0 Å². The van der Waals surface area contributed by atoms with Crippen molar-refractivity contribution in [3.63, 3.8) is 0 Å². The van der Waals surface area contributed by atoms with Crippen LogP contribution in [0.25, 0.3) is 16.4 Å². The molecule has 0 bridgehead atoms. The van der Waals surface area contributed by atoms with Gasteiger partial charge in [0.15, 0.2) is 11.0 Å². The standard InChI is InChI=1S/C15H14N4OS2/c1-10(13(16)20)22-15-18-17-14(12-8-5-9-21-12)19(15)11-6-3-2-4-7-11/h2-10H,1H3,(H2,16,20). The van der Waals surface area contributed by atoms with Crippen LogP contribution in [0.3, 0.4) is 0 Å². The van der Waals surface area contributed by atoms with Gasteiger partial charge in [-0.2, -0.15) is 0 Å². The van der Waals surface area contributed by atoms with Gasteiger partial charge in [0, 0.05) is 5.69 Å². The Bertz CT molecular complexity index is 768. The third-order valence-electron chi connectivity index (χ3n) is 3.07. The van der Waals surface area contributed by atoms with Crippen molar-refractivity contribution in [3.05, 3.63) is 47.8 Å². The van der Waals surface area contributed by atoms with E-state index in [0.29, 0.717) is 5.16 Å². The highest BCUT2D eigenvalue weighted by Crippen LogP contribution is 2.31. The molecule has 0 radical (unpaired) electrons. The lowest BCUT2D eigenvalue weighted by Gasteiger charge is -2.11. The molecule has 2 heterocycles. The molecule has 3 aromatic rings. The number of hydrogen-bond acceptors (Lipinski definition) is 5. The maximum Gasteiger partial charge on any atom is 0.230 e. The third kappa shape index (κ3) is 2.90. The smallest absolute Gasteiger partial charge is 0.230 e. The van der Waals surface area contributed by atoms with E-state index in [1.54, 1.807) is 18.3 Å². The zero-order chi connectivity index (χ0) is 15.5. The summed E-state index contributed by atoms with van der Waals surface area (Å²) in [4.78, 5) is 12.4. The highest BCUT2D eigenvalue weighted by Gasteiger charge is 2.20. The molecule has 1 unspecified atom stereocenters. The molecule has 2 N–H and O–H groups in total. The Labute approximate surface area is 136 Å². The Kier molecular flexibility index (Phi) is 4.26. The molecule has 22 heavy (non-hydrogen) atoms. The number of carbonyl (C=O) groups excluding carboxylic acids is 1. The molecule has 5 nitrogen and oxygen atoms in total. The number of rotatable bonds is 5. The molecule has 112 valence electrons. The van der Waals surface area contributed by atoms with Gasteiger partial charge in [0.05, 0.1) is 10.1 Å². The minimum Gasteiger partial charge on any atom is -0.369 e. The van der Waals surface area contributed by atoms with Crippen LogP contribution in [-0.2, 0) is 4.79 Å². The summed E-state index contributed by atoms with van der Waals surface area (Å²) in [6.07, 6.45) is 0. The van der Waals surface area contributed by atoms with Crippen LogP contribution in [0, 0.1) is 0 Å². The molecule has 0 saturated heterocycles. The molecule has 0 aliphatic heterocycles. The van der Waals surface area contributed by atoms with Gasteiger partial charge in [-0.05, 0) is 30.5 Å². The summed E-state index contributed by atoms with van der Waals surface area (Å²) in [5.74, 6) is 0.394. The topological polar surface area (TPSA) is 73.8 Å². The van der Waals surface area contributed by atoms with Crippen LogP contribution >= 0.6 is 23.1 Å². The second kappa shape index (κ2) is 6.33. The molecule has 1 amide bonds. The summed E-state index contributed by atoms with van der Waals surface area (Å²) in [6, 6.07) is 13.8. The van der Waals surface area contributed by atoms with E-state index in [1.807, 2.05) is 52.4 Å². The van der Waals surface area contributed by atoms with Crippen molar-refractivity contribution in [2.75, 3.05) is 0 Å². The molecule has 0 fully saturated rings. The van der Waals surface area contributed by atoms with E-state index >= 15 is 0 Å². The molecule has 0 saturated carbocycles. The van der Waals surface area contributed by atoms with Gasteiger partial charge >= 0.3 is 0 Å². The molecular weight excluding hydrogens is 316 g/mol. The lowest BCUT2D eigenvalue weighted by molar-refractivity contribution is -0.117. The van der Waals surface area contributed by atoms with E-state index < -0.39 is 0 Å². The largest absolute Gasteiger partial charge is 0.369 e. The summed E-state index contributed by atoms with van der Waals surface area (Å²) < 4.78 is 1.95. The first-order valence-electron chi connectivity index (χ1n) is 6.67. The quantitative estimate of drug-likeness (QED) is 0.730. The van der Waals surface area contributed by atoms with E-state index in [1.165, 1.54) is 11.8 Å². The Morgan fingerprint density at radius 2 is 2.00 bits per heavy atom. The zero-order valence-electron chi connectivity index (χ0n) is 11.8. The molecule has 7 heteroatoms. The fourth-order valence-corrected chi connectivity index (χ4v) is 3.45. The number of para-hydroxylation sites is 1. The molecule has 0 aliphatic rings. The van der Waals surface area contributed by atoms with Gasteiger partial charge in [-0.15, -0.1) is 21.5 Å². The van der Waals surface area contributed by atoms with E-state index in [-0.39, 0.29) is 11.2 Å². The van der Waals surface area contributed by atoms with E-state index in [2.05, 4.69) is 10.2 Å². The Hall–Kier alpha value is -2.12. The van der Waals surface area contributed by atoms with Crippen molar-refractivity contribution in [2.45, 2.75) is 17.3 Å². The predicted octanol–water partition coefficient (Wildman–Crippen LogP) is 2.96. The number of carbonyl (C=O) groups is 1. The molecule has 2 aromatic heterocycles. The zero-order valence-corrected chi connectivity index (χ0v) is 13.5. The molecule has 1 atom stereocenters. The van der Waals surface area contributed by atoms with Crippen molar-refractivity contribution in [1.82, 2.24) is 14.8 Å². The van der Waals surface area contributed by atoms with Gasteiger partial charge in [-0.1, -0.05) is 36.0 Å². The van der Waals surface area contributed by atoms with Gasteiger partial charge < -0.3 is 5.73 Å². The van der Waals surface area contributed by atoms with Gasteiger partial charge in [0.25, 0.3) is 0 Å². The first kappa shape index (κ1) is 14.8. The average molecular weight is 330 g/mol. The van der Waals surface area contributed by atoms with Crippen LogP contribution in [0.2, 0.25) is 0 Å². The van der Waals surface area contributed by atoms with E-state index in [9.17, 15) is 4.79 Å². The second-order valence-electron chi connectivity index (χ2n) is 4.62. The first-order valence-corrected chi connectivity index (χ1v) is 8.43. The van der Waals surface area contributed by atoms with Crippen molar-refractivity contribution in [2.24, 2.45) is 5.73 Å². The van der Waals surface area contributed by atoms with Crippen molar-refractivity contribution in [3.8, 4) is 16.4 Å². The predicted molar refractivity (Wildman–Crippen MR) is 89.2 cm³/mol. The number of thiophene rings is 1. The molecule has 3 rings (SSSR count). The summed E-state index contributed by atoms with van der Waals surface area (Å²) >= 11 is 2.91. The van der Waals surface area contributed by atoms with Crippen LogP contribution in [0.15, 0.2) is 53.0 Å². The Morgan fingerprint density at radius 3 is 2.64 bits per heavy atom. The highest BCUT2D eigenvalue weighted by molar-refractivity contribution is 8.00. The minimum absolute atomic E-state index is 0.370. The van der Waals surface area contributed by atoms with Gasteiger partial charge in [-0.3, -0.25) is 9.36 Å². The lowest BCUT2D eigenvalue weighted by atomic mass is 10.3. The van der Waals surface area contributed by atoms with E-state index in [0.717, 1.165) is 16.4 Å². The number of nitrogens with two attached hydrogens (primary N) is 1. The summed E-state index contributed by atoms with van der Waals surface area (Å²) in [5, 5.41) is 10.8. The Morgan fingerprint density at radius 1 is 1.23 bits per heavy atom. The SMILES string of the molecule is CC(Sc1nnc(-c2cccs2)n1-c1ccccc1)C(N)=O. The summed E-state index contributed by atoms with van der Waals surface area (Å²) in [7, 11) is 0. The number of nitrogens with zero attached hydrogens (tertiary/aromatic N) is 3. The van der Waals surface area contributed by atoms with Gasteiger partial charge in [-0.25, -0.2) is 0 Å². The van der Waals surface area contributed by atoms with Crippen LogP contribution in [0.1, 0.15) is 6.92 Å². The first-order chi connectivity index (χ1) is 10.7. The number of hydrogen-bond donors (Lipinski definition) is 1. The normalized spacial score (nSPS) is 12.2. The Balaban J connectivity index is 2.10. The maximum atomic E-state index is 11.3. The van der Waals surface area contributed by atoms with Crippen molar-refractivity contribution >= 4 is 29.0 Å². The average Bonchev–Trinajstić information content (AvgIpc) is 3.16. The number of benzene rings is 1. The minimum atomic E-state index is -0.372. The second-order valence-corrected chi connectivity index (χ2v) is 6.87. The number of primary amides is 1. The van der Waals surface area contributed by atoms with Crippen molar-refractivity contribution < 1.29 is 4.79 Å². The molecule has 0 aliphatic carbocycles. The van der Waals surface area contributed by atoms with Gasteiger partial charge in [0.2, 0.25) is 5.91 Å². The third-order valence-corrected chi connectivity index (χ3v) is 5.00. The lowest BCUT2D eigenvalue weighted by Crippen LogP contribution is -2.23. The van der Waals surface area contributed by atoms with Crippen LogP contribution in [0.4, 0.5) is 0 Å². The summed E-state index contributed by atoms with van der Waals surface area (Å²) in [5.41, 5.74) is 6.31. The van der Waals surface area contributed by atoms with Crippen molar-refractivity contribution in [1.29, 1.82) is 0 Å². The van der Waals surface area contributed by atoms with E-state index in [4.69, 9.17) is 5.73 Å². The number of aromatic nitrogens is 3. The fraction of sp³-hybridized carbons (Fsp3) is 0.133. The highest BCUT2D eigenvalue weighted by atomic mass is 32.2. The number of thioether (sulfide) groups is 1. The van der Waals surface area contributed by atoms with Crippen LogP contribution in [-0.4, -0.2) is 25.9 Å². The van der Waals surface area contributed by atoms with Crippen LogP contribution in [0.5, 0.6) is 0 Å². The molecule has 1 aromatic carbocycles. The molecular formula is C15H14N4OS2. The number of amides is 1. The molecule has 0 spiro atoms. The maximum absolute atomic E-state index is 11.3. The summed E-state index contributed by atoms with van der Waals surface area (Å²) in [6.45, 7) is 1.77.